The first-order valence-electron chi connectivity index (χ1n) is 6.21. The fourth-order valence-corrected chi connectivity index (χ4v) is 3.03. The normalized spacial score (nSPS) is 24.1. The van der Waals surface area contributed by atoms with E-state index in [4.69, 9.17) is 23.2 Å². The molecular weight excluding hydrogens is 269 g/mol. The molecule has 0 N–H and O–H groups in total. The van der Waals surface area contributed by atoms with Crippen LogP contribution >= 0.6 is 23.2 Å². The Labute approximate surface area is 118 Å². The number of hydrogen-bond donors (Lipinski definition) is 0. The van der Waals surface area contributed by atoms with E-state index < -0.39 is 0 Å². The van der Waals surface area contributed by atoms with E-state index in [2.05, 4.69) is 13.8 Å². The Hall–Kier alpha value is -0.730. The van der Waals surface area contributed by atoms with Gasteiger partial charge in [-0.05, 0) is 36.5 Å². The fourth-order valence-electron chi connectivity index (χ4n) is 2.66. The first kappa shape index (κ1) is 13.7. The van der Waals surface area contributed by atoms with Crippen molar-refractivity contribution in [3.05, 3.63) is 33.8 Å². The minimum absolute atomic E-state index is 0.0131. The quantitative estimate of drug-likeness (QED) is 0.760. The second-order valence-electron chi connectivity index (χ2n) is 5.28. The number of halogens is 2. The standard InChI is InChI=1S/C14H17Cl2NO/c1-9-5-10(2)8-17(7-9)14(18)12-6-11(15)3-4-13(12)16/h3-4,6,9-10H,5,7-8H2,1-2H3/t9-,10+. The fraction of sp³-hybridized carbons (Fsp3) is 0.500. The Morgan fingerprint density at radius 2 is 1.83 bits per heavy atom. The van der Waals surface area contributed by atoms with Crippen LogP contribution in [0.5, 0.6) is 0 Å². The predicted octanol–water partition coefficient (Wildman–Crippen LogP) is 4.11. The second kappa shape index (κ2) is 5.50. The summed E-state index contributed by atoms with van der Waals surface area (Å²) in [4.78, 5) is 14.3. The molecule has 1 saturated heterocycles. The van der Waals surface area contributed by atoms with Crippen molar-refractivity contribution in [3.63, 3.8) is 0 Å². The molecule has 1 aromatic carbocycles. The van der Waals surface area contributed by atoms with Crippen molar-refractivity contribution in [3.8, 4) is 0 Å². The summed E-state index contributed by atoms with van der Waals surface area (Å²) in [6, 6.07) is 5.02. The lowest BCUT2D eigenvalue weighted by Gasteiger charge is -2.35. The van der Waals surface area contributed by atoms with Crippen LogP contribution in [0.3, 0.4) is 0 Å². The van der Waals surface area contributed by atoms with Crippen LogP contribution in [0, 0.1) is 11.8 Å². The number of carbonyl (C=O) groups excluding carboxylic acids is 1. The third-order valence-electron chi connectivity index (χ3n) is 3.31. The molecule has 98 valence electrons. The van der Waals surface area contributed by atoms with Crippen molar-refractivity contribution in [1.82, 2.24) is 4.90 Å². The van der Waals surface area contributed by atoms with Crippen LogP contribution in [0.25, 0.3) is 0 Å². The van der Waals surface area contributed by atoms with Gasteiger partial charge in [-0.1, -0.05) is 37.0 Å². The number of likely N-dealkylation sites (tertiary alicyclic amines) is 1. The highest BCUT2D eigenvalue weighted by atomic mass is 35.5. The minimum Gasteiger partial charge on any atom is -0.338 e. The van der Waals surface area contributed by atoms with E-state index in [1.165, 1.54) is 6.42 Å². The van der Waals surface area contributed by atoms with Gasteiger partial charge in [0.2, 0.25) is 0 Å². The van der Waals surface area contributed by atoms with Gasteiger partial charge in [0.15, 0.2) is 0 Å². The lowest BCUT2D eigenvalue weighted by Crippen LogP contribution is -2.42. The highest BCUT2D eigenvalue weighted by Crippen LogP contribution is 2.26. The summed E-state index contributed by atoms with van der Waals surface area (Å²) in [6.45, 7) is 5.95. The number of nitrogens with zero attached hydrogens (tertiary/aromatic N) is 1. The van der Waals surface area contributed by atoms with Crippen LogP contribution in [0.1, 0.15) is 30.6 Å². The number of piperidine rings is 1. The molecule has 1 heterocycles. The van der Waals surface area contributed by atoms with Crippen LogP contribution in [0.15, 0.2) is 18.2 Å². The predicted molar refractivity (Wildman–Crippen MR) is 75.3 cm³/mol. The molecule has 2 nitrogen and oxygen atoms in total. The molecule has 1 fully saturated rings. The van der Waals surface area contributed by atoms with Crippen molar-refractivity contribution in [2.24, 2.45) is 11.8 Å². The monoisotopic (exact) mass is 285 g/mol. The summed E-state index contributed by atoms with van der Waals surface area (Å²) in [5, 5.41) is 1.01. The molecule has 1 amide bonds. The summed E-state index contributed by atoms with van der Waals surface area (Å²) in [6.07, 6.45) is 1.17. The molecule has 4 heteroatoms. The molecule has 1 aliphatic heterocycles. The van der Waals surface area contributed by atoms with Gasteiger partial charge in [0, 0.05) is 18.1 Å². The maximum absolute atomic E-state index is 12.4. The van der Waals surface area contributed by atoms with Gasteiger partial charge in [-0.2, -0.15) is 0 Å². The van der Waals surface area contributed by atoms with Crippen LogP contribution in [-0.4, -0.2) is 23.9 Å². The molecule has 1 aliphatic rings. The molecule has 2 atom stereocenters. The molecule has 0 radical (unpaired) electrons. The van der Waals surface area contributed by atoms with Gasteiger partial charge in [0.25, 0.3) is 5.91 Å². The number of benzene rings is 1. The van der Waals surface area contributed by atoms with Gasteiger partial charge in [-0.3, -0.25) is 4.79 Å². The Morgan fingerprint density at radius 1 is 1.22 bits per heavy atom. The summed E-state index contributed by atoms with van der Waals surface area (Å²) in [7, 11) is 0. The molecular formula is C14H17Cl2NO. The number of carbonyl (C=O) groups is 1. The van der Waals surface area contributed by atoms with Crippen LogP contribution in [-0.2, 0) is 0 Å². The Balaban J connectivity index is 2.22. The molecule has 2 rings (SSSR count). The maximum Gasteiger partial charge on any atom is 0.255 e. The van der Waals surface area contributed by atoms with Gasteiger partial charge < -0.3 is 4.90 Å². The molecule has 0 bridgehead atoms. The molecule has 0 aromatic heterocycles. The molecule has 0 saturated carbocycles. The molecule has 0 unspecified atom stereocenters. The number of rotatable bonds is 1. The second-order valence-corrected chi connectivity index (χ2v) is 6.12. The SMILES string of the molecule is C[C@@H]1C[C@H](C)CN(C(=O)c2cc(Cl)ccc2Cl)C1. The molecule has 18 heavy (non-hydrogen) atoms. The smallest absolute Gasteiger partial charge is 0.255 e. The van der Waals surface area contributed by atoms with E-state index in [0.29, 0.717) is 27.4 Å². The zero-order valence-corrected chi connectivity index (χ0v) is 12.1. The number of amides is 1. The van der Waals surface area contributed by atoms with Gasteiger partial charge >= 0.3 is 0 Å². The summed E-state index contributed by atoms with van der Waals surface area (Å²) >= 11 is 12.0. The lowest BCUT2D eigenvalue weighted by molar-refractivity contribution is 0.0623. The first-order chi connectivity index (χ1) is 8.47. The largest absolute Gasteiger partial charge is 0.338 e. The zero-order valence-electron chi connectivity index (χ0n) is 10.6. The van der Waals surface area contributed by atoms with Crippen LogP contribution < -0.4 is 0 Å². The van der Waals surface area contributed by atoms with E-state index in [1.54, 1.807) is 18.2 Å². The van der Waals surface area contributed by atoms with E-state index in [-0.39, 0.29) is 5.91 Å². The Kier molecular flexibility index (Phi) is 4.18. The van der Waals surface area contributed by atoms with Crippen LogP contribution in [0.2, 0.25) is 10.0 Å². The topological polar surface area (TPSA) is 20.3 Å². The highest BCUT2D eigenvalue weighted by molar-refractivity contribution is 6.35. The van der Waals surface area contributed by atoms with Crippen molar-refractivity contribution in [1.29, 1.82) is 0 Å². The van der Waals surface area contributed by atoms with Crippen molar-refractivity contribution in [2.75, 3.05) is 13.1 Å². The van der Waals surface area contributed by atoms with Crippen molar-refractivity contribution < 1.29 is 4.79 Å². The van der Waals surface area contributed by atoms with Gasteiger partial charge in [0.1, 0.15) is 0 Å². The number of hydrogen-bond acceptors (Lipinski definition) is 1. The van der Waals surface area contributed by atoms with E-state index >= 15 is 0 Å². The average Bonchev–Trinajstić information content (AvgIpc) is 2.30. The third-order valence-corrected chi connectivity index (χ3v) is 3.88. The van der Waals surface area contributed by atoms with E-state index in [0.717, 1.165) is 13.1 Å². The lowest BCUT2D eigenvalue weighted by atomic mass is 9.91. The first-order valence-corrected chi connectivity index (χ1v) is 6.97. The van der Waals surface area contributed by atoms with Crippen molar-refractivity contribution >= 4 is 29.1 Å². The third kappa shape index (κ3) is 2.99. The van der Waals surface area contributed by atoms with E-state index in [9.17, 15) is 4.79 Å². The van der Waals surface area contributed by atoms with Gasteiger partial charge in [0.05, 0.1) is 10.6 Å². The summed E-state index contributed by atoms with van der Waals surface area (Å²) in [5.41, 5.74) is 0.505. The van der Waals surface area contributed by atoms with Crippen molar-refractivity contribution in [2.45, 2.75) is 20.3 Å². The zero-order chi connectivity index (χ0) is 13.3. The average molecular weight is 286 g/mol. The van der Waals surface area contributed by atoms with E-state index in [1.807, 2.05) is 4.90 Å². The molecule has 0 spiro atoms. The minimum atomic E-state index is -0.0131. The Morgan fingerprint density at radius 3 is 2.44 bits per heavy atom. The molecule has 1 aromatic rings. The maximum atomic E-state index is 12.4. The molecule has 0 aliphatic carbocycles. The Bertz CT molecular complexity index is 451. The van der Waals surface area contributed by atoms with Crippen LogP contribution in [0.4, 0.5) is 0 Å². The summed E-state index contributed by atoms with van der Waals surface area (Å²) < 4.78 is 0. The van der Waals surface area contributed by atoms with Gasteiger partial charge in [-0.25, -0.2) is 0 Å². The van der Waals surface area contributed by atoms with Gasteiger partial charge in [-0.15, -0.1) is 0 Å². The summed E-state index contributed by atoms with van der Waals surface area (Å²) in [5.74, 6) is 1.06. The highest BCUT2D eigenvalue weighted by Gasteiger charge is 2.27.